The number of sulfonamides is 1. The maximum absolute atomic E-state index is 13.0. The summed E-state index contributed by atoms with van der Waals surface area (Å²) in [6, 6.07) is 7.48. The minimum atomic E-state index is -3.90. The van der Waals surface area contributed by atoms with Crippen molar-refractivity contribution in [2.75, 3.05) is 7.05 Å². The van der Waals surface area contributed by atoms with Crippen molar-refractivity contribution in [2.24, 2.45) is 5.73 Å². The number of likely N-dealkylation sites (N-methyl/N-ethyl adjacent to an activating group) is 1. The molecule has 6 nitrogen and oxygen atoms in total. The maximum Gasteiger partial charge on any atom is 0.262 e. The molecule has 0 atom stereocenters. The summed E-state index contributed by atoms with van der Waals surface area (Å²) in [5.41, 5.74) is 5.23. The summed E-state index contributed by atoms with van der Waals surface area (Å²) in [5, 5.41) is 2.07. The minimum absolute atomic E-state index is 0.0505. The Balaban J connectivity index is 1.95. The number of hydrogen-bond acceptors (Lipinski definition) is 5. The summed E-state index contributed by atoms with van der Waals surface area (Å²) in [6.07, 6.45) is 2.46. The largest absolute Gasteiger partial charge is 0.368 e. The number of rotatable bonds is 5. The molecule has 0 spiro atoms. The van der Waals surface area contributed by atoms with Gasteiger partial charge in [0.2, 0.25) is 5.91 Å². The Morgan fingerprint density at radius 3 is 2.44 bits per heavy atom. The third-order valence-corrected chi connectivity index (χ3v) is 8.07. The van der Waals surface area contributed by atoms with Gasteiger partial charge in [0.05, 0.1) is 0 Å². The third kappa shape index (κ3) is 3.25. The number of benzene rings is 1. The Morgan fingerprint density at radius 1 is 1.28 bits per heavy atom. The molecular formula is C16H18BrN3O3S2. The van der Waals surface area contributed by atoms with E-state index in [0.717, 1.165) is 27.2 Å². The first-order chi connectivity index (χ1) is 11.8. The van der Waals surface area contributed by atoms with Crippen molar-refractivity contribution in [3.63, 3.8) is 0 Å². The summed E-state index contributed by atoms with van der Waals surface area (Å²) < 4.78 is 28.0. The summed E-state index contributed by atoms with van der Waals surface area (Å²) in [4.78, 5) is 16.3. The van der Waals surface area contributed by atoms with E-state index in [1.807, 2.05) is 24.3 Å². The van der Waals surface area contributed by atoms with Crippen LogP contribution in [0.5, 0.6) is 0 Å². The second-order valence-electron chi connectivity index (χ2n) is 6.07. The maximum atomic E-state index is 13.0. The fraction of sp³-hybridized carbons (Fsp3) is 0.375. The highest BCUT2D eigenvalue weighted by atomic mass is 79.9. The van der Waals surface area contributed by atoms with Gasteiger partial charge in [-0.25, -0.2) is 13.4 Å². The van der Waals surface area contributed by atoms with Crippen LogP contribution >= 0.6 is 27.3 Å². The fourth-order valence-corrected chi connectivity index (χ4v) is 6.01. The molecule has 1 aliphatic carbocycles. The molecule has 25 heavy (non-hydrogen) atoms. The van der Waals surface area contributed by atoms with Gasteiger partial charge in [-0.3, -0.25) is 4.79 Å². The second kappa shape index (κ2) is 6.79. The Hall–Kier alpha value is -1.29. The Kier molecular flexibility index (Phi) is 5.02. The molecule has 0 aliphatic heterocycles. The monoisotopic (exact) mass is 443 g/mol. The number of hydrogen-bond donors (Lipinski definition) is 1. The molecule has 2 N–H and O–H groups in total. The van der Waals surface area contributed by atoms with E-state index in [4.69, 9.17) is 5.73 Å². The average Bonchev–Trinajstić information content (AvgIpc) is 3.25. The number of nitrogens with zero attached hydrogens (tertiary/aromatic N) is 2. The van der Waals surface area contributed by atoms with Gasteiger partial charge in [-0.15, -0.1) is 11.3 Å². The number of primary amides is 1. The van der Waals surface area contributed by atoms with E-state index in [-0.39, 0.29) is 5.03 Å². The molecule has 0 unspecified atom stereocenters. The van der Waals surface area contributed by atoms with Crippen LogP contribution in [0, 0.1) is 0 Å². The van der Waals surface area contributed by atoms with Gasteiger partial charge in [0.25, 0.3) is 10.0 Å². The van der Waals surface area contributed by atoms with Gasteiger partial charge in [0.15, 0.2) is 5.03 Å². The topological polar surface area (TPSA) is 93.4 Å². The normalized spacial score (nSPS) is 17.1. The van der Waals surface area contributed by atoms with Crippen molar-refractivity contribution in [2.45, 2.75) is 36.2 Å². The molecule has 2 aromatic rings. The number of nitrogens with two attached hydrogens (primary N) is 1. The van der Waals surface area contributed by atoms with Gasteiger partial charge < -0.3 is 5.73 Å². The van der Waals surface area contributed by atoms with Crippen LogP contribution in [0.3, 0.4) is 0 Å². The SMILES string of the molecule is CN(C1(C(N)=O)CCCC1)S(=O)(=O)c1csc(-c2ccc(Br)cc2)n1. The third-order valence-electron chi connectivity index (χ3n) is 4.69. The first-order valence-electron chi connectivity index (χ1n) is 7.78. The standard InChI is InChI=1S/C16H18BrN3O3S2/c1-20(16(15(18)21)8-2-3-9-16)25(22,23)13-10-24-14(19-13)11-4-6-12(17)7-5-11/h4-7,10H,2-3,8-9H2,1H3,(H2,18,21). The van der Waals surface area contributed by atoms with Gasteiger partial charge >= 0.3 is 0 Å². The van der Waals surface area contributed by atoms with E-state index < -0.39 is 21.5 Å². The molecule has 1 fully saturated rings. The number of halogens is 1. The van der Waals surface area contributed by atoms with Crippen LogP contribution < -0.4 is 5.73 Å². The first-order valence-corrected chi connectivity index (χ1v) is 10.9. The van der Waals surface area contributed by atoms with Crippen molar-refractivity contribution < 1.29 is 13.2 Å². The molecule has 9 heteroatoms. The van der Waals surface area contributed by atoms with Crippen molar-refractivity contribution in [1.29, 1.82) is 0 Å². The van der Waals surface area contributed by atoms with Crippen LogP contribution in [-0.2, 0) is 14.8 Å². The highest BCUT2D eigenvalue weighted by Gasteiger charge is 2.49. The quantitative estimate of drug-likeness (QED) is 0.768. The minimum Gasteiger partial charge on any atom is -0.368 e. The smallest absolute Gasteiger partial charge is 0.262 e. The zero-order valence-electron chi connectivity index (χ0n) is 13.6. The molecule has 1 saturated carbocycles. The zero-order chi connectivity index (χ0) is 18.2. The van der Waals surface area contributed by atoms with Crippen molar-refractivity contribution in [1.82, 2.24) is 9.29 Å². The predicted molar refractivity (Wildman–Crippen MR) is 101 cm³/mol. The van der Waals surface area contributed by atoms with Crippen LogP contribution in [0.1, 0.15) is 25.7 Å². The average molecular weight is 444 g/mol. The van der Waals surface area contributed by atoms with Gasteiger partial charge in [0.1, 0.15) is 10.5 Å². The number of carbonyl (C=O) groups excluding carboxylic acids is 1. The van der Waals surface area contributed by atoms with Crippen LogP contribution in [-0.4, -0.2) is 36.2 Å². The van der Waals surface area contributed by atoms with Gasteiger partial charge in [-0.05, 0) is 25.0 Å². The zero-order valence-corrected chi connectivity index (χ0v) is 16.8. The summed E-state index contributed by atoms with van der Waals surface area (Å²) in [5.74, 6) is -0.598. The van der Waals surface area contributed by atoms with E-state index in [2.05, 4.69) is 20.9 Å². The number of aromatic nitrogens is 1. The van der Waals surface area contributed by atoms with Crippen LogP contribution in [0.2, 0.25) is 0 Å². The highest BCUT2D eigenvalue weighted by Crippen LogP contribution is 2.38. The molecule has 1 amide bonds. The molecule has 0 radical (unpaired) electrons. The Labute approximate surface area is 159 Å². The van der Waals surface area contributed by atoms with Gasteiger partial charge in [0, 0.05) is 22.5 Å². The first kappa shape index (κ1) is 18.5. The number of carbonyl (C=O) groups is 1. The summed E-state index contributed by atoms with van der Waals surface area (Å²) >= 11 is 4.62. The molecule has 1 aliphatic rings. The van der Waals surface area contributed by atoms with E-state index in [9.17, 15) is 13.2 Å². The Bertz CT molecular complexity index is 888. The molecule has 0 saturated heterocycles. The van der Waals surface area contributed by atoms with E-state index in [1.54, 1.807) is 0 Å². The van der Waals surface area contributed by atoms with E-state index in [0.29, 0.717) is 17.8 Å². The van der Waals surface area contributed by atoms with Crippen LogP contribution in [0.15, 0.2) is 39.1 Å². The lowest BCUT2D eigenvalue weighted by atomic mass is 9.97. The highest BCUT2D eigenvalue weighted by molar-refractivity contribution is 9.10. The number of amides is 1. The number of thiazole rings is 1. The molecule has 0 bridgehead atoms. The lowest BCUT2D eigenvalue weighted by Crippen LogP contribution is -2.56. The lowest BCUT2D eigenvalue weighted by Gasteiger charge is -2.34. The fourth-order valence-electron chi connectivity index (χ4n) is 3.15. The van der Waals surface area contributed by atoms with Crippen molar-refractivity contribution in [3.05, 3.63) is 34.1 Å². The van der Waals surface area contributed by atoms with Crippen molar-refractivity contribution >= 4 is 43.2 Å². The summed E-state index contributed by atoms with van der Waals surface area (Å²) in [7, 11) is -2.48. The van der Waals surface area contributed by atoms with Crippen molar-refractivity contribution in [3.8, 4) is 10.6 Å². The molecule has 3 rings (SSSR count). The molecular weight excluding hydrogens is 426 g/mol. The van der Waals surface area contributed by atoms with Gasteiger partial charge in [-0.1, -0.05) is 40.9 Å². The van der Waals surface area contributed by atoms with E-state index >= 15 is 0 Å². The van der Waals surface area contributed by atoms with E-state index in [1.165, 1.54) is 23.8 Å². The molecule has 1 aromatic carbocycles. The molecule has 1 heterocycles. The summed E-state index contributed by atoms with van der Waals surface area (Å²) in [6.45, 7) is 0. The Morgan fingerprint density at radius 2 is 1.88 bits per heavy atom. The lowest BCUT2D eigenvalue weighted by molar-refractivity contribution is -0.126. The van der Waals surface area contributed by atoms with Crippen LogP contribution in [0.25, 0.3) is 10.6 Å². The van der Waals surface area contributed by atoms with Gasteiger partial charge in [-0.2, -0.15) is 4.31 Å². The van der Waals surface area contributed by atoms with Crippen LogP contribution in [0.4, 0.5) is 0 Å². The molecule has 1 aromatic heterocycles. The second-order valence-corrected chi connectivity index (χ2v) is 9.76. The molecule has 134 valence electrons. The predicted octanol–water partition coefficient (Wildman–Crippen LogP) is 2.99.